The number of hydrogen-bond acceptors (Lipinski definition) is 4. The fraction of sp³-hybridized carbons (Fsp3) is 0.750. The number of amides is 1. The molecule has 0 saturated carbocycles. The van der Waals surface area contributed by atoms with Gasteiger partial charge in [0.1, 0.15) is 0 Å². The van der Waals surface area contributed by atoms with Crippen molar-refractivity contribution in [2.75, 3.05) is 39.5 Å². The number of hydrogen-bond donors (Lipinski definition) is 2. The van der Waals surface area contributed by atoms with Crippen LogP contribution in [0, 0.1) is 0 Å². The minimum atomic E-state index is 0.0342. The van der Waals surface area contributed by atoms with Gasteiger partial charge in [-0.15, -0.1) is 0 Å². The average molecular weight is 242 g/mol. The van der Waals surface area contributed by atoms with E-state index in [9.17, 15) is 4.79 Å². The molecule has 0 aromatic carbocycles. The molecule has 1 aliphatic heterocycles. The van der Waals surface area contributed by atoms with Gasteiger partial charge in [-0.25, -0.2) is 0 Å². The number of carbonyl (C=O) groups excluding carboxylic acids is 1. The van der Waals surface area contributed by atoms with Crippen molar-refractivity contribution in [2.45, 2.75) is 19.4 Å². The minimum Gasteiger partial charge on any atom is -0.378 e. The van der Waals surface area contributed by atoms with E-state index >= 15 is 0 Å². The molecule has 0 aromatic heterocycles. The van der Waals surface area contributed by atoms with Crippen LogP contribution in [0.25, 0.3) is 0 Å². The van der Waals surface area contributed by atoms with Crippen molar-refractivity contribution in [2.24, 2.45) is 0 Å². The lowest BCUT2D eigenvalue weighted by Crippen LogP contribution is -2.44. The highest BCUT2D eigenvalue weighted by Gasteiger charge is 2.16. The molecule has 0 bridgehead atoms. The predicted molar refractivity (Wildman–Crippen MR) is 65.9 cm³/mol. The Hall–Kier alpha value is -0.910. The molecule has 1 atom stereocenters. The molecule has 5 nitrogen and oxygen atoms in total. The molecule has 0 aliphatic carbocycles. The third-order valence-corrected chi connectivity index (χ3v) is 2.35. The Bertz CT molecular complexity index is 250. The van der Waals surface area contributed by atoms with Crippen LogP contribution in [0.1, 0.15) is 13.3 Å². The zero-order valence-electron chi connectivity index (χ0n) is 10.5. The summed E-state index contributed by atoms with van der Waals surface area (Å²) in [5.74, 6) is 0.0342. The van der Waals surface area contributed by atoms with Crippen LogP contribution in [-0.4, -0.2) is 51.5 Å². The maximum Gasteiger partial charge on any atom is 0.221 e. The van der Waals surface area contributed by atoms with Gasteiger partial charge in [0.15, 0.2) is 0 Å². The largest absolute Gasteiger partial charge is 0.378 e. The molecule has 98 valence electrons. The van der Waals surface area contributed by atoms with Crippen LogP contribution in [0.15, 0.2) is 12.2 Å². The first-order chi connectivity index (χ1) is 8.18. The summed E-state index contributed by atoms with van der Waals surface area (Å²) in [6, 6.07) is 0.139. The van der Waals surface area contributed by atoms with Gasteiger partial charge in [-0.2, -0.15) is 0 Å². The van der Waals surface area contributed by atoms with Crippen LogP contribution < -0.4 is 10.6 Å². The summed E-state index contributed by atoms with van der Waals surface area (Å²) in [5.41, 5.74) is 0.986. The summed E-state index contributed by atoms with van der Waals surface area (Å²) in [5, 5.41) is 6.05. The third-order valence-electron chi connectivity index (χ3n) is 2.35. The Morgan fingerprint density at radius 1 is 1.65 bits per heavy atom. The van der Waals surface area contributed by atoms with Gasteiger partial charge in [0.25, 0.3) is 0 Å². The molecule has 1 aliphatic rings. The second-order valence-corrected chi connectivity index (χ2v) is 4.29. The Morgan fingerprint density at radius 2 is 2.47 bits per heavy atom. The van der Waals surface area contributed by atoms with Crippen LogP contribution >= 0.6 is 0 Å². The summed E-state index contributed by atoms with van der Waals surface area (Å²) in [6.45, 7) is 9.41. The van der Waals surface area contributed by atoms with E-state index in [1.54, 1.807) is 0 Å². The summed E-state index contributed by atoms with van der Waals surface area (Å²) < 4.78 is 10.6. The van der Waals surface area contributed by atoms with Gasteiger partial charge >= 0.3 is 0 Å². The van der Waals surface area contributed by atoms with E-state index in [0.29, 0.717) is 32.8 Å². The fourth-order valence-electron chi connectivity index (χ4n) is 1.56. The van der Waals surface area contributed by atoms with Crippen molar-refractivity contribution >= 4 is 5.91 Å². The molecule has 0 spiro atoms. The van der Waals surface area contributed by atoms with E-state index in [1.165, 1.54) is 0 Å². The highest BCUT2D eigenvalue weighted by Crippen LogP contribution is 1.97. The zero-order chi connectivity index (χ0) is 12.5. The second kappa shape index (κ2) is 8.22. The minimum absolute atomic E-state index is 0.0342. The van der Waals surface area contributed by atoms with Gasteiger partial charge in [-0.05, 0) is 6.92 Å². The lowest BCUT2D eigenvalue weighted by Gasteiger charge is -2.23. The summed E-state index contributed by atoms with van der Waals surface area (Å²) in [6.07, 6.45) is 0.459. The molecule has 17 heavy (non-hydrogen) atoms. The number of carbonyl (C=O) groups is 1. The summed E-state index contributed by atoms with van der Waals surface area (Å²) >= 11 is 0. The highest BCUT2D eigenvalue weighted by atomic mass is 16.5. The third kappa shape index (κ3) is 7.10. The Balaban J connectivity index is 1.98. The quantitative estimate of drug-likeness (QED) is 0.490. The zero-order valence-corrected chi connectivity index (χ0v) is 10.5. The van der Waals surface area contributed by atoms with Crippen molar-refractivity contribution < 1.29 is 14.3 Å². The molecule has 1 fully saturated rings. The normalized spacial score (nSPS) is 19.9. The van der Waals surface area contributed by atoms with Gasteiger partial charge < -0.3 is 20.1 Å². The molecule has 0 aromatic rings. The predicted octanol–water partition coefficient (Wildman–Crippen LogP) is 0.0738. The Kier molecular flexibility index (Phi) is 6.84. The van der Waals surface area contributed by atoms with Crippen molar-refractivity contribution in [3.8, 4) is 0 Å². The molecule has 0 radical (unpaired) electrons. The van der Waals surface area contributed by atoms with Gasteiger partial charge in [0.05, 0.1) is 26.4 Å². The standard InChI is InChI=1S/C12H22N2O3/c1-10(2)8-16-6-4-14-12(15)7-11-9-17-5-3-13-11/h11,13H,1,3-9H2,2H3,(H,14,15). The van der Waals surface area contributed by atoms with Crippen LogP contribution in [0.4, 0.5) is 0 Å². The number of rotatable bonds is 7. The molecule has 1 rings (SSSR count). The van der Waals surface area contributed by atoms with E-state index in [4.69, 9.17) is 9.47 Å². The molecule has 2 N–H and O–H groups in total. The van der Waals surface area contributed by atoms with Crippen LogP contribution in [0.2, 0.25) is 0 Å². The molecule has 5 heteroatoms. The van der Waals surface area contributed by atoms with E-state index < -0.39 is 0 Å². The Morgan fingerprint density at radius 3 is 3.12 bits per heavy atom. The molecule has 1 amide bonds. The first-order valence-electron chi connectivity index (χ1n) is 5.98. The Labute approximate surface area is 103 Å². The van der Waals surface area contributed by atoms with Crippen LogP contribution in [0.3, 0.4) is 0 Å². The maximum atomic E-state index is 11.5. The molecule has 1 unspecified atom stereocenters. The van der Waals surface area contributed by atoms with E-state index in [1.807, 2.05) is 6.92 Å². The topological polar surface area (TPSA) is 59.6 Å². The van der Waals surface area contributed by atoms with Crippen LogP contribution in [0.5, 0.6) is 0 Å². The lowest BCUT2D eigenvalue weighted by atomic mass is 10.2. The number of nitrogens with one attached hydrogen (secondary N) is 2. The average Bonchev–Trinajstić information content (AvgIpc) is 2.29. The van der Waals surface area contributed by atoms with Crippen LogP contribution in [-0.2, 0) is 14.3 Å². The summed E-state index contributed by atoms with van der Waals surface area (Å²) in [4.78, 5) is 11.5. The maximum absolute atomic E-state index is 11.5. The van der Waals surface area contributed by atoms with Crippen molar-refractivity contribution in [1.29, 1.82) is 0 Å². The molecular formula is C12H22N2O3. The number of ether oxygens (including phenoxy) is 2. The molecule has 1 saturated heterocycles. The van der Waals surface area contributed by atoms with E-state index in [2.05, 4.69) is 17.2 Å². The van der Waals surface area contributed by atoms with Gasteiger partial charge in [-0.3, -0.25) is 4.79 Å². The second-order valence-electron chi connectivity index (χ2n) is 4.29. The first-order valence-corrected chi connectivity index (χ1v) is 5.98. The van der Waals surface area contributed by atoms with E-state index in [0.717, 1.165) is 18.7 Å². The van der Waals surface area contributed by atoms with Crippen molar-refractivity contribution in [1.82, 2.24) is 10.6 Å². The smallest absolute Gasteiger partial charge is 0.221 e. The van der Waals surface area contributed by atoms with Gasteiger partial charge in [0.2, 0.25) is 5.91 Å². The highest BCUT2D eigenvalue weighted by molar-refractivity contribution is 5.76. The fourth-order valence-corrected chi connectivity index (χ4v) is 1.56. The number of morpholine rings is 1. The van der Waals surface area contributed by atoms with Gasteiger partial charge in [-0.1, -0.05) is 12.2 Å². The summed E-state index contributed by atoms with van der Waals surface area (Å²) in [7, 11) is 0. The van der Waals surface area contributed by atoms with E-state index in [-0.39, 0.29) is 11.9 Å². The lowest BCUT2D eigenvalue weighted by molar-refractivity contribution is -0.122. The van der Waals surface area contributed by atoms with Crippen molar-refractivity contribution in [3.05, 3.63) is 12.2 Å². The monoisotopic (exact) mass is 242 g/mol. The van der Waals surface area contributed by atoms with Crippen molar-refractivity contribution in [3.63, 3.8) is 0 Å². The molecular weight excluding hydrogens is 220 g/mol. The van der Waals surface area contributed by atoms with Gasteiger partial charge in [0, 0.05) is 25.6 Å². The SMILES string of the molecule is C=C(C)COCCNC(=O)CC1COCCN1. The first kappa shape index (κ1) is 14.2. The molecule has 1 heterocycles.